The number of amides is 2. The third-order valence-corrected chi connectivity index (χ3v) is 4.79. The molecule has 0 radical (unpaired) electrons. The summed E-state index contributed by atoms with van der Waals surface area (Å²) >= 11 is 0. The lowest BCUT2D eigenvalue weighted by atomic mass is 9.88. The number of carbonyl (C=O) groups is 2. The van der Waals surface area contributed by atoms with Crippen LogP contribution in [0.5, 0.6) is 0 Å². The summed E-state index contributed by atoms with van der Waals surface area (Å²) < 4.78 is 4.93. The number of carbonyl (C=O) groups excluding carboxylic acids is 2. The maximum atomic E-state index is 12.2. The van der Waals surface area contributed by atoms with Crippen LogP contribution in [0, 0.1) is 5.92 Å². The average Bonchev–Trinajstić information content (AvgIpc) is 2.56. The van der Waals surface area contributed by atoms with Crippen molar-refractivity contribution in [2.45, 2.75) is 57.0 Å². The second-order valence-corrected chi connectivity index (χ2v) is 6.50. The van der Waals surface area contributed by atoms with Crippen LogP contribution < -0.4 is 11.1 Å². The van der Waals surface area contributed by atoms with Gasteiger partial charge in [0.2, 0.25) is 11.8 Å². The van der Waals surface area contributed by atoms with Crippen LogP contribution in [0.25, 0.3) is 0 Å². The van der Waals surface area contributed by atoms with Crippen LogP contribution in [0.1, 0.15) is 44.9 Å². The highest BCUT2D eigenvalue weighted by Crippen LogP contribution is 2.24. The molecule has 1 atom stereocenters. The predicted octanol–water partition coefficient (Wildman–Crippen LogP) is 0.648. The van der Waals surface area contributed by atoms with Crippen molar-refractivity contribution in [2.75, 3.05) is 26.8 Å². The van der Waals surface area contributed by atoms with E-state index in [9.17, 15) is 9.59 Å². The smallest absolute Gasteiger partial charge is 0.241 e. The molecule has 0 aromatic rings. The van der Waals surface area contributed by atoms with E-state index >= 15 is 0 Å². The fourth-order valence-corrected chi connectivity index (χ4v) is 3.41. The molecule has 0 spiro atoms. The van der Waals surface area contributed by atoms with Crippen molar-refractivity contribution in [1.82, 2.24) is 10.2 Å². The third-order valence-electron chi connectivity index (χ3n) is 4.79. The van der Waals surface area contributed by atoms with Crippen molar-refractivity contribution < 1.29 is 14.3 Å². The van der Waals surface area contributed by atoms with E-state index in [-0.39, 0.29) is 30.4 Å². The number of hydrogen-bond acceptors (Lipinski definition) is 4. The second-order valence-electron chi connectivity index (χ2n) is 6.50. The third kappa shape index (κ3) is 4.68. The summed E-state index contributed by atoms with van der Waals surface area (Å²) in [6.45, 7) is 1.56. The topological polar surface area (TPSA) is 84.7 Å². The lowest BCUT2D eigenvalue weighted by Gasteiger charge is -2.34. The van der Waals surface area contributed by atoms with Crippen molar-refractivity contribution >= 4 is 11.8 Å². The molecule has 2 aliphatic rings. The monoisotopic (exact) mass is 311 g/mol. The summed E-state index contributed by atoms with van der Waals surface area (Å²) in [5.41, 5.74) is 5.79. The van der Waals surface area contributed by atoms with E-state index in [4.69, 9.17) is 10.5 Å². The predicted molar refractivity (Wildman–Crippen MR) is 84.2 cm³/mol. The van der Waals surface area contributed by atoms with Crippen molar-refractivity contribution in [3.63, 3.8) is 0 Å². The first-order valence-electron chi connectivity index (χ1n) is 8.45. The summed E-state index contributed by atoms with van der Waals surface area (Å²) in [6, 6.07) is -0.393. The summed E-state index contributed by atoms with van der Waals surface area (Å²) in [5.74, 6) is 0.350. The highest BCUT2D eigenvalue weighted by molar-refractivity contribution is 5.82. The zero-order valence-corrected chi connectivity index (χ0v) is 13.6. The molecule has 0 aromatic heterocycles. The van der Waals surface area contributed by atoms with Crippen LogP contribution in [-0.4, -0.2) is 55.6 Å². The highest BCUT2D eigenvalue weighted by atomic mass is 16.5. The maximum Gasteiger partial charge on any atom is 0.241 e. The molecule has 3 N–H and O–H groups in total. The lowest BCUT2D eigenvalue weighted by Crippen LogP contribution is -2.52. The fraction of sp³-hybridized carbons (Fsp3) is 0.875. The van der Waals surface area contributed by atoms with E-state index < -0.39 is 6.04 Å². The van der Waals surface area contributed by atoms with Gasteiger partial charge in [-0.2, -0.15) is 0 Å². The summed E-state index contributed by atoms with van der Waals surface area (Å²) in [5, 5.41) is 3.17. The molecular formula is C16H29N3O3. The van der Waals surface area contributed by atoms with Crippen LogP contribution in [0.2, 0.25) is 0 Å². The molecule has 0 aromatic carbocycles. The van der Waals surface area contributed by atoms with E-state index in [1.54, 1.807) is 12.0 Å². The Morgan fingerprint density at radius 3 is 2.41 bits per heavy atom. The Morgan fingerprint density at radius 2 is 1.82 bits per heavy atom. The molecule has 2 rings (SSSR count). The number of nitrogens with one attached hydrogen (secondary N) is 1. The van der Waals surface area contributed by atoms with Crippen molar-refractivity contribution in [2.24, 2.45) is 11.7 Å². The molecule has 1 heterocycles. The fourth-order valence-electron chi connectivity index (χ4n) is 3.41. The number of nitrogens with zero attached hydrogens (tertiary/aromatic N) is 1. The van der Waals surface area contributed by atoms with Crippen LogP contribution in [0.15, 0.2) is 0 Å². The lowest BCUT2D eigenvalue weighted by molar-refractivity contribution is -0.135. The van der Waals surface area contributed by atoms with Crippen molar-refractivity contribution in [3.8, 4) is 0 Å². The van der Waals surface area contributed by atoms with Crippen LogP contribution in [-0.2, 0) is 14.3 Å². The van der Waals surface area contributed by atoms with E-state index in [2.05, 4.69) is 5.32 Å². The average molecular weight is 311 g/mol. The zero-order chi connectivity index (χ0) is 15.9. The van der Waals surface area contributed by atoms with Gasteiger partial charge in [-0.3, -0.25) is 9.59 Å². The van der Waals surface area contributed by atoms with Crippen LogP contribution >= 0.6 is 0 Å². The van der Waals surface area contributed by atoms with Gasteiger partial charge >= 0.3 is 0 Å². The molecule has 1 aliphatic carbocycles. The van der Waals surface area contributed by atoms with Gasteiger partial charge in [0.1, 0.15) is 6.04 Å². The number of rotatable bonds is 5. The van der Waals surface area contributed by atoms with Crippen LogP contribution in [0.3, 0.4) is 0 Å². The first-order valence-corrected chi connectivity index (χ1v) is 8.45. The quantitative estimate of drug-likeness (QED) is 0.780. The van der Waals surface area contributed by atoms with E-state index in [0.29, 0.717) is 13.1 Å². The molecule has 2 amide bonds. The Kier molecular flexibility index (Phi) is 6.64. The standard InChI is InChI=1S/C16H29N3O3/c1-22-11-14(17)16(21)19-9-7-13(8-10-19)18-15(20)12-5-3-2-4-6-12/h12-14H,2-11,17H2,1H3,(H,18,20). The largest absolute Gasteiger partial charge is 0.383 e. The number of methoxy groups -OCH3 is 1. The Labute approximate surface area is 132 Å². The van der Waals surface area contributed by atoms with Gasteiger partial charge < -0.3 is 20.7 Å². The zero-order valence-electron chi connectivity index (χ0n) is 13.6. The number of ether oxygens (including phenoxy) is 1. The summed E-state index contributed by atoms with van der Waals surface area (Å²) in [7, 11) is 1.54. The summed E-state index contributed by atoms with van der Waals surface area (Å²) in [4.78, 5) is 26.1. The molecule has 126 valence electrons. The molecular weight excluding hydrogens is 282 g/mol. The number of likely N-dealkylation sites (tertiary alicyclic amines) is 1. The minimum Gasteiger partial charge on any atom is -0.383 e. The van der Waals surface area contributed by atoms with Gasteiger partial charge in [0.05, 0.1) is 6.61 Å². The maximum absolute atomic E-state index is 12.2. The Morgan fingerprint density at radius 1 is 1.18 bits per heavy atom. The van der Waals surface area contributed by atoms with Crippen LogP contribution in [0.4, 0.5) is 0 Å². The SMILES string of the molecule is COCC(N)C(=O)N1CCC(NC(=O)C2CCCCC2)CC1. The van der Waals surface area contributed by atoms with Gasteiger partial charge in [-0.1, -0.05) is 19.3 Å². The Bertz CT molecular complexity index is 375. The van der Waals surface area contributed by atoms with Crippen molar-refractivity contribution in [3.05, 3.63) is 0 Å². The summed E-state index contributed by atoms with van der Waals surface area (Å²) in [6.07, 6.45) is 7.26. The van der Waals surface area contributed by atoms with Gasteiger partial charge in [-0.15, -0.1) is 0 Å². The normalized spacial score (nSPS) is 22.4. The highest BCUT2D eigenvalue weighted by Gasteiger charge is 2.28. The Hall–Kier alpha value is -1.14. The second kappa shape index (κ2) is 8.48. The van der Waals surface area contributed by atoms with Gasteiger partial charge in [0.15, 0.2) is 0 Å². The van der Waals surface area contributed by atoms with E-state index in [1.165, 1.54) is 19.3 Å². The molecule has 1 saturated carbocycles. The Balaban J connectivity index is 1.72. The van der Waals surface area contributed by atoms with Gasteiger partial charge in [0.25, 0.3) is 0 Å². The molecule has 1 unspecified atom stereocenters. The van der Waals surface area contributed by atoms with Gasteiger partial charge in [-0.25, -0.2) is 0 Å². The van der Waals surface area contributed by atoms with Gasteiger partial charge in [0, 0.05) is 32.2 Å². The van der Waals surface area contributed by atoms with Gasteiger partial charge in [-0.05, 0) is 25.7 Å². The molecule has 1 aliphatic heterocycles. The molecule has 6 nitrogen and oxygen atoms in total. The van der Waals surface area contributed by atoms with Crippen molar-refractivity contribution in [1.29, 1.82) is 0 Å². The molecule has 1 saturated heterocycles. The first kappa shape index (κ1) is 17.2. The minimum atomic E-state index is -0.585. The molecule has 0 bridgehead atoms. The van der Waals surface area contributed by atoms with E-state index in [1.807, 2.05) is 0 Å². The number of piperidine rings is 1. The first-order chi connectivity index (χ1) is 10.6. The molecule has 6 heteroatoms. The molecule has 22 heavy (non-hydrogen) atoms. The molecule has 2 fully saturated rings. The number of nitrogens with two attached hydrogens (primary N) is 1. The minimum absolute atomic E-state index is 0.0566. The number of hydrogen-bond donors (Lipinski definition) is 2. The van der Waals surface area contributed by atoms with E-state index in [0.717, 1.165) is 25.7 Å².